The Bertz CT molecular complexity index is 773. The number of urea groups is 1. The number of aromatic nitrogens is 1. The molecule has 1 aromatic carbocycles. The van der Waals surface area contributed by atoms with E-state index in [-0.39, 0.29) is 24.1 Å². The van der Waals surface area contributed by atoms with Crippen LogP contribution >= 0.6 is 0 Å². The number of amides is 3. The zero-order valence-corrected chi connectivity index (χ0v) is 16.1. The van der Waals surface area contributed by atoms with Gasteiger partial charge in [0, 0.05) is 24.8 Å². The van der Waals surface area contributed by atoms with Gasteiger partial charge in [0.05, 0.1) is 17.4 Å². The fraction of sp³-hybridized carbons (Fsp3) is 0.350. The van der Waals surface area contributed by atoms with Gasteiger partial charge in [0.25, 0.3) is 5.91 Å². The SMILES string of the molecule is CC(C)NC(=O)Nc1ccccc1C(=O)NCc1ccc(OC(C)C)nc1. The van der Waals surface area contributed by atoms with E-state index in [1.165, 1.54) is 0 Å². The number of ether oxygens (including phenoxy) is 1. The van der Waals surface area contributed by atoms with Crippen molar-refractivity contribution in [3.05, 3.63) is 53.7 Å². The average molecular weight is 370 g/mol. The van der Waals surface area contributed by atoms with Crippen LogP contribution in [0.4, 0.5) is 10.5 Å². The quantitative estimate of drug-likeness (QED) is 0.697. The summed E-state index contributed by atoms with van der Waals surface area (Å²) in [4.78, 5) is 28.7. The van der Waals surface area contributed by atoms with Crippen molar-refractivity contribution in [3.8, 4) is 5.88 Å². The molecule has 2 aromatic rings. The highest BCUT2D eigenvalue weighted by molar-refractivity contribution is 6.03. The van der Waals surface area contributed by atoms with E-state index in [9.17, 15) is 9.59 Å². The van der Waals surface area contributed by atoms with Crippen molar-refractivity contribution in [3.63, 3.8) is 0 Å². The van der Waals surface area contributed by atoms with Crippen LogP contribution in [0.15, 0.2) is 42.6 Å². The number of hydrogen-bond donors (Lipinski definition) is 3. The Morgan fingerprint density at radius 1 is 1.07 bits per heavy atom. The van der Waals surface area contributed by atoms with E-state index in [0.717, 1.165) is 5.56 Å². The minimum atomic E-state index is -0.352. The maximum atomic E-state index is 12.5. The van der Waals surface area contributed by atoms with Crippen molar-refractivity contribution in [2.75, 3.05) is 5.32 Å². The minimum absolute atomic E-state index is 0.00105. The molecule has 2 rings (SSSR count). The van der Waals surface area contributed by atoms with Crippen molar-refractivity contribution in [2.24, 2.45) is 0 Å². The van der Waals surface area contributed by atoms with Crippen LogP contribution < -0.4 is 20.7 Å². The van der Waals surface area contributed by atoms with Crippen molar-refractivity contribution in [1.29, 1.82) is 0 Å². The van der Waals surface area contributed by atoms with Gasteiger partial charge >= 0.3 is 6.03 Å². The molecule has 7 nitrogen and oxygen atoms in total. The molecule has 0 fully saturated rings. The molecule has 0 aliphatic heterocycles. The zero-order chi connectivity index (χ0) is 19.8. The number of nitrogens with one attached hydrogen (secondary N) is 3. The Morgan fingerprint density at radius 3 is 2.44 bits per heavy atom. The lowest BCUT2D eigenvalue weighted by Gasteiger charge is -2.13. The molecular weight excluding hydrogens is 344 g/mol. The number of rotatable bonds is 7. The molecule has 1 heterocycles. The van der Waals surface area contributed by atoms with E-state index in [0.29, 0.717) is 23.7 Å². The van der Waals surface area contributed by atoms with E-state index in [1.807, 2.05) is 33.8 Å². The van der Waals surface area contributed by atoms with Crippen LogP contribution in [0, 0.1) is 0 Å². The van der Waals surface area contributed by atoms with E-state index < -0.39 is 0 Å². The van der Waals surface area contributed by atoms with E-state index in [2.05, 4.69) is 20.9 Å². The van der Waals surface area contributed by atoms with E-state index in [4.69, 9.17) is 4.74 Å². The van der Waals surface area contributed by atoms with Gasteiger partial charge in [-0.3, -0.25) is 4.79 Å². The van der Waals surface area contributed by atoms with Crippen molar-refractivity contribution in [1.82, 2.24) is 15.6 Å². The van der Waals surface area contributed by atoms with Crippen LogP contribution in [0.2, 0.25) is 0 Å². The molecule has 1 aromatic heterocycles. The molecule has 0 atom stereocenters. The zero-order valence-electron chi connectivity index (χ0n) is 16.1. The Balaban J connectivity index is 1.98. The van der Waals surface area contributed by atoms with Crippen LogP contribution in [0.25, 0.3) is 0 Å². The molecule has 0 aliphatic rings. The van der Waals surface area contributed by atoms with Crippen LogP contribution in [0.3, 0.4) is 0 Å². The predicted octanol–water partition coefficient (Wildman–Crippen LogP) is 3.33. The largest absolute Gasteiger partial charge is 0.475 e. The number of benzene rings is 1. The van der Waals surface area contributed by atoms with Gasteiger partial charge in [0.15, 0.2) is 0 Å². The highest BCUT2D eigenvalue weighted by Gasteiger charge is 2.13. The number of pyridine rings is 1. The number of nitrogens with zero attached hydrogens (tertiary/aromatic N) is 1. The minimum Gasteiger partial charge on any atom is -0.475 e. The molecule has 0 spiro atoms. The second kappa shape index (κ2) is 9.56. The Kier molecular flexibility index (Phi) is 7.16. The summed E-state index contributed by atoms with van der Waals surface area (Å²) in [6.45, 7) is 7.92. The Labute approximate surface area is 159 Å². The molecule has 0 saturated carbocycles. The molecule has 3 amide bonds. The van der Waals surface area contributed by atoms with Crippen LogP contribution in [-0.4, -0.2) is 29.1 Å². The highest BCUT2D eigenvalue weighted by Crippen LogP contribution is 2.15. The molecule has 0 radical (unpaired) electrons. The predicted molar refractivity (Wildman–Crippen MR) is 105 cm³/mol. The summed E-state index contributed by atoms with van der Waals surface area (Å²) >= 11 is 0. The fourth-order valence-corrected chi connectivity index (χ4v) is 2.31. The van der Waals surface area contributed by atoms with Gasteiger partial charge in [-0.1, -0.05) is 18.2 Å². The summed E-state index contributed by atoms with van der Waals surface area (Å²) in [6.07, 6.45) is 1.72. The maximum absolute atomic E-state index is 12.5. The Hall–Kier alpha value is -3.09. The number of carbonyl (C=O) groups excluding carboxylic acids is 2. The lowest BCUT2D eigenvalue weighted by atomic mass is 10.1. The van der Waals surface area contributed by atoms with Crippen molar-refractivity contribution >= 4 is 17.6 Å². The molecular formula is C20H26N4O3. The molecule has 0 unspecified atom stereocenters. The second-order valence-electron chi connectivity index (χ2n) is 6.65. The van der Waals surface area contributed by atoms with Gasteiger partial charge in [-0.05, 0) is 45.4 Å². The third-order valence-electron chi connectivity index (χ3n) is 3.45. The topological polar surface area (TPSA) is 92.4 Å². The van der Waals surface area contributed by atoms with Gasteiger partial charge < -0.3 is 20.7 Å². The monoisotopic (exact) mass is 370 g/mol. The molecule has 0 saturated heterocycles. The summed E-state index contributed by atoms with van der Waals surface area (Å²) < 4.78 is 5.50. The van der Waals surface area contributed by atoms with Crippen LogP contribution in [0.5, 0.6) is 5.88 Å². The van der Waals surface area contributed by atoms with Gasteiger partial charge in [-0.2, -0.15) is 0 Å². The van der Waals surface area contributed by atoms with E-state index in [1.54, 1.807) is 36.5 Å². The summed E-state index contributed by atoms with van der Waals surface area (Å²) in [5.41, 5.74) is 1.69. The maximum Gasteiger partial charge on any atom is 0.319 e. The lowest BCUT2D eigenvalue weighted by molar-refractivity contribution is 0.0951. The first kappa shape index (κ1) is 20.2. The Morgan fingerprint density at radius 2 is 1.81 bits per heavy atom. The van der Waals surface area contributed by atoms with Gasteiger partial charge in [0.1, 0.15) is 0 Å². The van der Waals surface area contributed by atoms with Gasteiger partial charge in [-0.25, -0.2) is 9.78 Å². The smallest absolute Gasteiger partial charge is 0.319 e. The first-order valence-corrected chi connectivity index (χ1v) is 8.91. The van der Waals surface area contributed by atoms with E-state index >= 15 is 0 Å². The molecule has 0 bridgehead atoms. The highest BCUT2D eigenvalue weighted by atomic mass is 16.5. The molecule has 27 heavy (non-hydrogen) atoms. The molecule has 7 heteroatoms. The lowest BCUT2D eigenvalue weighted by Crippen LogP contribution is -2.35. The fourth-order valence-electron chi connectivity index (χ4n) is 2.31. The first-order chi connectivity index (χ1) is 12.8. The van der Waals surface area contributed by atoms with Gasteiger partial charge in [-0.15, -0.1) is 0 Å². The molecule has 3 N–H and O–H groups in total. The molecule has 144 valence electrons. The standard InChI is InChI=1S/C20H26N4O3/c1-13(2)23-20(26)24-17-8-6-5-7-16(17)19(25)22-12-15-9-10-18(21-11-15)27-14(3)4/h5-11,13-14H,12H2,1-4H3,(H,22,25)(H2,23,24,26). The summed E-state index contributed by atoms with van der Waals surface area (Å²) in [5.74, 6) is 0.267. The van der Waals surface area contributed by atoms with Crippen molar-refractivity contribution in [2.45, 2.75) is 46.4 Å². The average Bonchev–Trinajstić information content (AvgIpc) is 2.60. The van der Waals surface area contributed by atoms with Gasteiger partial charge in [0.2, 0.25) is 5.88 Å². The summed E-state index contributed by atoms with van der Waals surface area (Å²) in [6, 6.07) is 10.1. The first-order valence-electron chi connectivity index (χ1n) is 8.91. The second-order valence-corrected chi connectivity index (χ2v) is 6.65. The summed E-state index contributed by atoms with van der Waals surface area (Å²) in [5, 5.41) is 8.28. The molecule has 0 aliphatic carbocycles. The normalized spacial score (nSPS) is 10.6. The van der Waals surface area contributed by atoms with Crippen LogP contribution in [0.1, 0.15) is 43.6 Å². The van der Waals surface area contributed by atoms with Crippen molar-refractivity contribution < 1.29 is 14.3 Å². The summed E-state index contributed by atoms with van der Waals surface area (Å²) in [7, 11) is 0. The third kappa shape index (κ3) is 6.62. The number of carbonyl (C=O) groups is 2. The number of anilines is 1. The third-order valence-corrected chi connectivity index (χ3v) is 3.45. The van der Waals surface area contributed by atoms with Crippen LogP contribution in [-0.2, 0) is 6.54 Å². The number of para-hydroxylation sites is 1. The number of hydrogen-bond acceptors (Lipinski definition) is 4.